The fraction of sp³-hybridized carbons (Fsp3) is 0.200. The average molecular weight is 421 g/mol. The standard InChI is InChI=1S/C15H15BrClNO2S2/c16-13-5-7-14(8-6-13)22(19,20)18-9-10-21-11-12-3-1-2-4-15(12)17/h1-8,18H,9-11H2. The highest BCUT2D eigenvalue weighted by Gasteiger charge is 2.12. The molecule has 3 nitrogen and oxygen atoms in total. The lowest BCUT2D eigenvalue weighted by atomic mass is 10.2. The van der Waals surface area contributed by atoms with E-state index in [-0.39, 0.29) is 4.90 Å². The Balaban J connectivity index is 1.79. The first-order valence-corrected chi connectivity index (χ1v) is 10.4. The Morgan fingerprint density at radius 2 is 1.77 bits per heavy atom. The molecule has 0 bridgehead atoms. The van der Waals surface area contributed by atoms with E-state index >= 15 is 0 Å². The first kappa shape index (κ1) is 17.8. The van der Waals surface area contributed by atoms with Crippen molar-refractivity contribution in [3.63, 3.8) is 0 Å². The number of sulfonamides is 1. The van der Waals surface area contributed by atoms with Gasteiger partial charge in [0, 0.05) is 27.5 Å². The minimum atomic E-state index is -3.44. The van der Waals surface area contributed by atoms with Crippen LogP contribution < -0.4 is 4.72 Å². The van der Waals surface area contributed by atoms with Crippen LogP contribution in [0.15, 0.2) is 57.9 Å². The molecule has 2 aromatic rings. The SMILES string of the molecule is O=S(=O)(NCCSCc1ccccc1Cl)c1ccc(Br)cc1. The molecule has 0 saturated carbocycles. The second-order valence-corrected chi connectivity index (χ2v) is 8.69. The van der Waals surface area contributed by atoms with Crippen molar-refractivity contribution in [2.24, 2.45) is 0 Å². The molecule has 0 aliphatic rings. The predicted molar refractivity (Wildman–Crippen MR) is 96.9 cm³/mol. The minimum absolute atomic E-state index is 0.270. The first-order valence-electron chi connectivity index (χ1n) is 6.55. The smallest absolute Gasteiger partial charge is 0.210 e. The van der Waals surface area contributed by atoms with Crippen LogP contribution in [0.5, 0.6) is 0 Å². The quantitative estimate of drug-likeness (QED) is 0.679. The lowest BCUT2D eigenvalue weighted by Gasteiger charge is -2.07. The van der Waals surface area contributed by atoms with Gasteiger partial charge in [-0.05, 0) is 35.9 Å². The summed E-state index contributed by atoms with van der Waals surface area (Å²) >= 11 is 11.0. The normalized spacial score (nSPS) is 11.5. The summed E-state index contributed by atoms with van der Waals surface area (Å²) in [6, 6.07) is 14.2. The summed E-state index contributed by atoms with van der Waals surface area (Å²) < 4.78 is 27.6. The summed E-state index contributed by atoms with van der Waals surface area (Å²) in [5, 5.41) is 0.741. The molecule has 0 saturated heterocycles. The molecule has 0 spiro atoms. The van der Waals surface area contributed by atoms with Gasteiger partial charge in [-0.25, -0.2) is 13.1 Å². The Hall–Kier alpha value is -0.530. The second-order valence-electron chi connectivity index (χ2n) is 4.50. The third-order valence-corrected chi connectivity index (χ3v) is 6.26. The van der Waals surface area contributed by atoms with E-state index in [0.717, 1.165) is 20.8 Å². The van der Waals surface area contributed by atoms with Gasteiger partial charge in [-0.15, -0.1) is 0 Å². The molecule has 2 rings (SSSR count). The predicted octanol–water partition coefficient (Wildman–Crippen LogP) is 4.31. The van der Waals surface area contributed by atoms with E-state index in [0.29, 0.717) is 12.3 Å². The summed E-state index contributed by atoms with van der Waals surface area (Å²) in [5.41, 5.74) is 1.06. The van der Waals surface area contributed by atoms with E-state index in [1.807, 2.05) is 24.3 Å². The largest absolute Gasteiger partial charge is 0.240 e. The Morgan fingerprint density at radius 1 is 1.09 bits per heavy atom. The van der Waals surface area contributed by atoms with E-state index in [2.05, 4.69) is 20.7 Å². The summed E-state index contributed by atoms with van der Waals surface area (Å²) in [6.45, 7) is 0.382. The zero-order chi connectivity index (χ0) is 16.0. The number of nitrogens with one attached hydrogen (secondary N) is 1. The monoisotopic (exact) mass is 419 g/mol. The zero-order valence-corrected chi connectivity index (χ0v) is 15.6. The summed E-state index contributed by atoms with van der Waals surface area (Å²) in [5.74, 6) is 1.45. The van der Waals surface area contributed by atoms with E-state index in [9.17, 15) is 8.42 Å². The van der Waals surface area contributed by atoms with E-state index < -0.39 is 10.0 Å². The third-order valence-electron chi connectivity index (χ3n) is 2.88. The van der Waals surface area contributed by atoms with Crippen LogP contribution in [0.2, 0.25) is 5.02 Å². The molecule has 0 aromatic heterocycles. The highest BCUT2D eigenvalue weighted by molar-refractivity contribution is 9.10. The van der Waals surface area contributed by atoms with Crippen LogP contribution in [0, 0.1) is 0 Å². The van der Waals surface area contributed by atoms with Gasteiger partial charge < -0.3 is 0 Å². The Morgan fingerprint density at radius 3 is 2.45 bits per heavy atom. The van der Waals surface area contributed by atoms with Crippen LogP contribution in [-0.2, 0) is 15.8 Å². The third kappa shape index (κ3) is 5.28. The average Bonchev–Trinajstić information content (AvgIpc) is 2.49. The number of thioether (sulfide) groups is 1. The zero-order valence-electron chi connectivity index (χ0n) is 11.6. The molecule has 0 radical (unpaired) electrons. The van der Waals surface area contributed by atoms with Gasteiger partial charge in [0.25, 0.3) is 0 Å². The molecule has 0 aliphatic heterocycles. The number of hydrogen-bond acceptors (Lipinski definition) is 3. The van der Waals surface area contributed by atoms with Gasteiger partial charge in [-0.2, -0.15) is 11.8 Å². The number of rotatable bonds is 7. The van der Waals surface area contributed by atoms with Gasteiger partial charge in [0.15, 0.2) is 0 Å². The van der Waals surface area contributed by atoms with Gasteiger partial charge in [-0.1, -0.05) is 45.7 Å². The van der Waals surface area contributed by atoms with Crippen LogP contribution in [-0.4, -0.2) is 20.7 Å². The van der Waals surface area contributed by atoms with Crippen molar-refractivity contribution in [2.75, 3.05) is 12.3 Å². The molecule has 0 fully saturated rings. The maximum Gasteiger partial charge on any atom is 0.240 e. The maximum absolute atomic E-state index is 12.1. The minimum Gasteiger partial charge on any atom is -0.210 e. The summed E-state index contributed by atoms with van der Waals surface area (Å²) in [4.78, 5) is 0.270. The molecule has 2 aromatic carbocycles. The van der Waals surface area contributed by atoms with Crippen LogP contribution in [0.25, 0.3) is 0 Å². The van der Waals surface area contributed by atoms with Gasteiger partial charge in [0.05, 0.1) is 4.90 Å². The van der Waals surface area contributed by atoms with Crippen molar-refractivity contribution in [1.29, 1.82) is 0 Å². The fourth-order valence-electron chi connectivity index (χ4n) is 1.74. The molecule has 22 heavy (non-hydrogen) atoms. The Bertz CT molecular complexity index is 721. The Kier molecular flexibility index (Phi) is 6.77. The van der Waals surface area contributed by atoms with Gasteiger partial charge in [0.2, 0.25) is 10.0 Å². The molecular weight excluding hydrogens is 406 g/mol. The van der Waals surface area contributed by atoms with E-state index in [1.54, 1.807) is 36.0 Å². The highest BCUT2D eigenvalue weighted by Crippen LogP contribution is 2.20. The van der Waals surface area contributed by atoms with Crippen molar-refractivity contribution in [1.82, 2.24) is 4.72 Å². The van der Waals surface area contributed by atoms with Crippen molar-refractivity contribution in [3.05, 3.63) is 63.6 Å². The molecule has 118 valence electrons. The lowest BCUT2D eigenvalue weighted by molar-refractivity contribution is 0.584. The topological polar surface area (TPSA) is 46.2 Å². The van der Waals surface area contributed by atoms with Gasteiger partial charge in [-0.3, -0.25) is 0 Å². The second kappa shape index (κ2) is 8.36. The van der Waals surface area contributed by atoms with Crippen LogP contribution >= 0.6 is 39.3 Å². The molecule has 0 heterocycles. The number of hydrogen-bond donors (Lipinski definition) is 1. The highest BCUT2D eigenvalue weighted by atomic mass is 79.9. The molecule has 0 atom stereocenters. The Labute approximate surface area is 148 Å². The molecule has 7 heteroatoms. The van der Waals surface area contributed by atoms with Gasteiger partial charge in [0.1, 0.15) is 0 Å². The molecule has 0 amide bonds. The van der Waals surface area contributed by atoms with Crippen LogP contribution in [0.4, 0.5) is 0 Å². The van der Waals surface area contributed by atoms with Crippen LogP contribution in [0.3, 0.4) is 0 Å². The van der Waals surface area contributed by atoms with Crippen molar-refractivity contribution < 1.29 is 8.42 Å². The van der Waals surface area contributed by atoms with Crippen molar-refractivity contribution in [2.45, 2.75) is 10.6 Å². The number of benzene rings is 2. The lowest BCUT2D eigenvalue weighted by Crippen LogP contribution is -2.26. The first-order chi connectivity index (χ1) is 10.5. The molecule has 1 N–H and O–H groups in total. The summed E-state index contributed by atoms with van der Waals surface area (Å²) in [7, 11) is -3.44. The fourth-order valence-corrected chi connectivity index (χ4v) is 4.31. The maximum atomic E-state index is 12.1. The molecular formula is C15H15BrClNO2S2. The summed E-state index contributed by atoms with van der Waals surface area (Å²) in [6.07, 6.45) is 0. The van der Waals surface area contributed by atoms with Crippen molar-refractivity contribution >= 4 is 49.3 Å². The van der Waals surface area contributed by atoms with Gasteiger partial charge >= 0.3 is 0 Å². The van der Waals surface area contributed by atoms with Crippen LogP contribution in [0.1, 0.15) is 5.56 Å². The molecule has 0 unspecified atom stereocenters. The van der Waals surface area contributed by atoms with Crippen molar-refractivity contribution in [3.8, 4) is 0 Å². The number of halogens is 2. The van der Waals surface area contributed by atoms with E-state index in [4.69, 9.17) is 11.6 Å². The molecule has 0 aliphatic carbocycles. The van der Waals surface area contributed by atoms with E-state index in [1.165, 1.54) is 0 Å².